The average Bonchev–Trinajstić information content (AvgIpc) is 3.47. The molecule has 0 spiro atoms. The number of carbonyl (C=O) groups is 3. The van der Waals surface area contributed by atoms with Crippen molar-refractivity contribution in [3.63, 3.8) is 0 Å². The summed E-state index contributed by atoms with van der Waals surface area (Å²) in [5.41, 5.74) is 0. The Morgan fingerprint density at radius 1 is 0.256 bits per heavy atom. The van der Waals surface area contributed by atoms with Gasteiger partial charge in [-0.1, -0.05) is 261 Å². The second-order valence-corrected chi connectivity index (χ2v) is 20.9. The first-order chi connectivity index (χ1) is 40.5. The minimum Gasteiger partial charge on any atom is -0.462 e. The van der Waals surface area contributed by atoms with Gasteiger partial charge in [-0.3, -0.25) is 14.4 Å². The van der Waals surface area contributed by atoms with Crippen LogP contribution in [0.1, 0.15) is 258 Å². The molecular weight excluding hydrogens is 1010 g/mol. The molecule has 0 rings (SSSR count). The van der Waals surface area contributed by atoms with Crippen molar-refractivity contribution < 1.29 is 28.6 Å². The van der Waals surface area contributed by atoms with Crippen molar-refractivity contribution in [2.24, 2.45) is 0 Å². The highest BCUT2D eigenvalue weighted by atomic mass is 16.6. The van der Waals surface area contributed by atoms with Crippen LogP contribution in [0.3, 0.4) is 0 Å². The summed E-state index contributed by atoms with van der Waals surface area (Å²) >= 11 is 0. The maximum absolute atomic E-state index is 12.9. The first-order valence-corrected chi connectivity index (χ1v) is 32.8. The molecule has 1 unspecified atom stereocenters. The molecule has 0 aliphatic heterocycles. The summed E-state index contributed by atoms with van der Waals surface area (Å²) in [5, 5.41) is 0. The molecule has 0 bridgehead atoms. The maximum Gasteiger partial charge on any atom is 0.306 e. The molecule has 1 atom stereocenters. The van der Waals surface area contributed by atoms with Gasteiger partial charge in [0.2, 0.25) is 0 Å². The molecule has 0 aliphatic rings. The van der Waals surface area contributed by atoms with Gasteiger partial charge in [0, 0.05) is 19.3 Å². The Balaban J connectivity index is 4.57. The fourth-order valence-corrected chi connectivity index (χ4v) is 8.28. The van der Waals surface area contributed by atoms with Crippen LogP contribution >= 0.6 is 0 Å². The van der Waals surface area contributed by atoms with Gasteiger partial charge < -0.3 is 14.2 Å². The van der Waals surface area contributed by atoms with E-state index in [1.807, 2.05) is 0 Å². The zero-order valence-corrected chi connectivity index (χ0v) is 52.4. The smallest absolute Gasteiger partial charge is 0.306 e. The molecular formula is C76H118O6. The van der Waals surface area contributed by atoms with E-state index in [4.69, 9.17) is 14.2 Å². The molecule has 0 aliphatic carbocycles. The molecule has 82 heavy (non-hydrogen) atoms. The number of unbranched alkanes of at least 4 members (excludes halogenated alkanes) is 16. The highest BCUT2D eigenvalue weighted by Gasteiger charge is 2.19. The number of rotatable bonds is 57. The van der Waals surface area contributed by atoms with Crippen molar-refractivity contribution in [1.29, 1.82) is 0 Å². The van der Waals surface area contributed by atoms with Crippen LogP contribution in [0, 0.1) is 0 Å². The van der Waals surface area contributed by atoms with Crippen LogP contribution in [-0.2, 0) is 28.6 Å². The molecule has 0 aromatic carbocycles. The van der Waals surface area contributed by atoms with Crippen molar-refractivity contribution in [3.05, 3.63) is 182 Å². The van der Waals surface area contributed by atoms with Crippen LogP contribution in [0.25, 0.3) is 0 Å². The first-order valence-electron chi connectivity index (χ1n) is 32.8. The summed E-state index contributed by atoms with van der Waals surface area (Å²) in [6, 6.07) is 0. The quantitative estimate of drug-likeness (QED) is 0.0261. The van der Waals surface area contributed by atoms with Crippen LogP contribution < -0.4 is 0 Å². The van der Waals surface area contributed by atoms with Gasteiger partial charge in [0.15, 0.2) is 6.10 Å². The van der Waals surface area contributed by atoms with Crippen molar-refractivity contribution in [2.75, 3.05) is 13.2 Å². The van der Waals surface area contributed by atoms with Gasteiger partial charge in [-0.15, -0.1) is 0 Å². The molecule has 6 nitrogen and oxygen atoms in total. The van der Waals surface area contributed by atoms with E-state index in [-0.39, 0.29) is 44.0 Å². The SMILES string of the molecule is CC/C=C\C/C=C\C/C=C\C/C=C\C/C=C\C/C=C\C/C=C\C/C=C\CCCCC(=O)OCC(COC(=O)CCCCCCCCC/C=C\C/C=C\CCCCCC)OC(=O)CCCCC/C=C\C/C=C\C/C=C\C/C=C\C/C=C\CC. The normalized spacial score (nSPS) is 13.4. The van der Waals surface area contributed by atoms with E-state index in [2.05, 4.69) is 203 Å². The van der Waals surface area contributed by atoms with Crippen molar-refractivity contribution >= 4 is 17.9 Å². The van der Waals surface area contributed by atoms with E-state index in [9.17, 15) is 14.4 Å². The van der Waals surface area contributed by atoms with Gasteiger partial charge >= 0.3 is 17.9 Å². The third-order valence-electron chi connectivity index (χ3n) is 13.1. The van der Waals surface area contributed by atoms with Gasteiger partial charge in [0.05, 0.1) is 0 Å². The lowest BCUT2D eigenvalue weighted by Gasteiger charge is -2.18. The lowest BCUT2D eigenvalue weighted by Crippen LogP contribution is -2.30. The highest BCUT2D eigenvalue weighted by Crippen LogP contribution is 2.13. The van der Waals surface area contributed by atoms with Crippen LogP contribution in [0.5, 0.6) is 0 Å². The lowest BCUT2D eigenvalue weighted by molar-refractivity contribution is -0.167. The predicted molar refractivity (Wildman–Crippen MR) is 357 cm³/mol. The standard InChI is InChI=1S/C76H118O6/c1-4-7-10-13-16-19-22-25-28-31-34-35-36-37-38-39-40-41-43-45-48-51-54-57-60-63-66-69-75(78)81-72-73(71-80-74(77)68-65-62-59-56-53-50-47-44-33-30-27-24-21-18-15-12-9-6-3)82-76(79)70-67-64-61-58-55-52-49-46-42-32-29-26-23-20-17-14-11-8-5-2/h7-8,10-11,16-17,19-21,24-26,28-30,33-35,37-38,40-42,45-46,48,52,54-55,57,73H,4-6,9,12-15,18,22-23,27,31-32,36,39,43-44,47,49-51,53,56,58-72H2,1-3H3/b10-7-,11-8-,19-16-,20-17-,24-21-,28-25-,29-26-,33-30-,35-34-,38-37-,41-40-,46-42-,48-45-,55-52-,57-54-. The largest absolute Gasteiger partial charge is 0.462 e. The number of ether oxygens (including phenoxy) is 3. The number of allylic oxidation sites excluding steroid dienone is 30. The van der Waals surface area contributed by atoms with E-state index in [1.165, 1.54) is 57.8 Å². The number of esters is 3. The summed E-state index contributed by atoms with van der Waals surface area (Å²) < 4.78 is 16.9. The second-order valence-electron chi connectivity index (χ2n) is 20.9. The monoisotopic (exact) mass is 1130 g/mol. The van der Waals surface area contributed by atoms with Crippen molar-refractivity contribution in [1.82, 2.24) is 0 Å². The minimum atomic E-state index is -0.830. The summed E-state index contributed by atoms with van der Waals surface area (Å²) in [6.07, 6.45) is 102. The molecule has 0 saturated heterocycles. The van der Waals surface area contributed by atoms with E-state index in [1.54, 1.807) is 0 Å². The van der Waals surface area contributed by atoms with Crippen LogP contribution in [0.2, 0.25) is 0 Å². The third-order valence-corrected chi connectivity index (χ3v) is 13.1. The number of hydrogen-bond acceptors (Lipinski definition) is 6. The number of carbonyl (C=O) groups excluding carboxylic acids is 3. The molecule has 0 N–H and O–H groups in total. The maximum atomic E-state index is 12.9. The zero-order chi connectivity index (χ0) is 59.2. The average molecular weight is 1130 g/mol. The summed E-state index contributed by atoms with van der Waals surface area (Å²) in [6.45, 7) is 6.32. The van der Waals surface area contributed by atoms with E-state index in [0.29, 0.717) is 19.3 Å². The predicted octanol–water partition coefficient (Wildman–Crippen LogP) is 22.8. The summed E-state index contributed by atoms with van der Waals surface area (Å²) in [7, 11) is 0. The van der Waals surface area contributed by atoms with Crippen molar-refractivity contribution in [2.45, 2.75) is 264 Å². The van der Waals surface area contributed by atoms with Crippen molar-refractivity contribution in [3.8, 4) is 0 Å². The van der Waals surface area contributed by atoms with E-state index < -0.39 is 6.10 Å². The molecule has 0 fully saturated rings. The van der Waals surface area contributed by atoms with Gasteiger partial charge in [-0.05, 0) is 161 Å². The van der Waals surface area contributed by atoms with E-state index >= 15 is 0 Å². The fourth-order valence-electron chi connectivity index (χ4n) is 8.28. The Labute approximate surface area is 504 Å². The number of hydrogen-bond donors (Lipinski definition) is 0. The Bertz CT molecular complexity index is 1920. The highest BCUT2D eigenvalue weighted by molar-refractivity contribution is 5.71. The molecule has 458 valence electrons. The second kappa shape index (κ2) is 68.0. The first kappa shape index (κ1) is 76.5. The molecule has 0 aromatic rings. The van der Waals surface area contributed by atoms with Crippen LogP contribution in [0.4, 0.5) is 0 Å². The summed E-state index contributed by atoms with van der Waals surface area (Å²) in [4.78, 5) is 38.4. The Morgan fingerprint density at radius 3 is 0.780 bits per heavy atom. The molecule has 0 heterocycles. The van der Waals surface area contributed by atoms with E-state index in [0.717, 1.165) is 148 Å². The zero-order valence-electron chi connectivity index (χ0n) is 52.4. The topological polar surface area (TPSA) is 78.9 Å². The molecule has 0 aromatic heterocycles. The van der Waals surface area contributed by atoms with Gasteiger partial charge in [-0.25, -0.2) is 0 Å². The molecule has 0 amide bonds. The molecule has 6 heteroatoms. The molecule has 0 radical (unpaired) electrons. The summed E-state index contributed by atoms with van der Waals surface area (Å²) in [5.74, 6) is -1.01. The fraction of sp³-hybridized carbons (Fsp3) is 0.566. The third kappa shape index (κ3) is 65.3. The van der Waals surface area contributed by atoms with Gasteiger partial charge in [-0.2, -0.15) is 0 Å². The minimum absolute atomic E-state index is 0.119. The Morgan fingerprint density at radius 2 is 0.476 bits per heavy atom. The van der Waals surface area contributed by atoms with Gasteiger partial charge in [0.1, 0.15) is 13.2 Å². The Hall–Kier alpha value is -5.49. The van der Waals surface area contributed by atoms with Crippen LogP contribution in [-0.4, -0.2) is 37.2 Å². The van der Waals surface area contributed by atoms with Gasteiger partial charge in [0.25, 0.3) is 0 Å². The van der Waals surface area contributed by atoms with Crippen LogP contribution in [0.15, 0.2) is 182 Å². The Kier molecular flexibility index (Phi) is 63.5. The lowest BCUT2D eigenvalue weighted by atomic mass is 10.1. The molecule has 0 saturated carbocycles.